The van der Waals surface area contributed by atoms with Crippen molar-refractivity contribution in [3.63, 3.8) is 0 Å². The van der Waals surface area contributed by atoms with Gasteiger partial charge in [-0.3, -0.25) is 4.79 Å². The van der Waals surface area contributed by atoms with Crippen LogP contribution in [0.3, 0.4) is 0 Å². The zero-order valence-corrected chi connectivity index (χ0v) is 15.5. The molecule has 0 aliphatic carbocycles. The number of aliphatic carboxylic acids is 1. The van der Waals surface area contributed by atoms with Crippen LogP contribution in [0.4, 0.5) is 0 Å². The molecule has 0 aromatic rings. The average Bonchev–Trinajstić information content (AvgIpc) is 2.53. The van der Waals surface area contributed by atoms with Crippen molar-refractivity contribution in [2.24, 2.45) is 0 Å². The molecule has 0 atom stereocenters. The minimum Gasteiger partial charge on any atom is -0.481 e. The van der Waals surface area contributed by atoms with Crippen LogP contribution in [-0.2, 0) is 4.79 Å². The Kier molecular flexibility index (Phi) is 18.6. The number of carboxylic acid groups (broad SMARTS) is 1. The summed E-state index contributed by atoms with van der Waals surface area (Å²) in [7, 11) is 0. The fourth-order valence-corrected chi connectivity index (χ4v) is 2.88. The van der Waals surface area contributed by atoms with Gasteiger partial charge in [0.1, 0.15) is 0 Å². The molecule has 1 N–H and O–H groups in total. The zero-order chi connectivity index (χ0) is 17.0. The van der Waals surface area contributed by atoms with Crippen LogP contribution in [0.15, 0.2) is 12.2 Å². The van der Waals surface area contributed by atoms with Gasteiger partial charge in [0.15, 0.2) is 0 Å². The van der Waals surface area contributed by atoms with Crippen molar-refractivity contribution in [3.05, 3.63) is 12.2 Å². The highest BCUT2D eigenvalue weighted by molar-refractivity contribution is 5.66. The van der Waals surface area contributed by atoms with Gasteiger partial charge in [-0.05, 0) is 32.1 Å². The summed E-state index contributed by atoms with van der Waals surface area (Å²) < 4.78 is 0. The normalized spacial score (nSPS) is 11.3. The molecule has 136 valence electrons. The predicted octanol–water partition coefficient (Wildman–Crippen LogP) is 7.28. The molecule has 0 amide bonds. The molecule has 0 unspecified atom stereocenters. The maximum Gasteiger partial charge on any atom is 0.303 e. The third kappa shape index (κ3) is 21.2. The SMILES string of the molecule is CCCCCCCCCCCCC/C=C\CCCCCC(=O)O. The maximum absolute atomic E-state index is 10.4. The molecule has 2 heteroatoms. The second kappa shape index (κ2) is 19.3. The summed E-state index contributed by atoms with van der Waals surface area (Å²) in [6.07, 6.45) is 25.7. The van der Waals surface area contributed by atoms with Crippen LogP contribution in [0.25, 0.3) is 0 Å². The first kappa shape index (κ1) is 22.2. The van der Waals surface area contributed by atoms with Crippen molar-refractivity contribution < 1.29 is 9.90 Å². The van der Waals surface area contributed by atoms with Crippen molar-refractivity contribution in [2.75, 3.05) is 0 Å². The molecule has 0 aliphatic heterocycles. The minimum atomic E-state index is -0.669. The third-order valence-electron chi connectivity index (χ3n) is 4.40. The van der Waals surface area contributed by atoms with Gasteiger partial charge in [-0.1, -0.05) is 89.7 Å². The summed E-state index contributed by atoms with van der Waals surface area (Å²) >= 11 is 0. The van der Waals surface area contributed by atoms with Crippen molar-refractivity contribution in [1.29, 1.82) is 0 Å². The van der Waals surface area contributed by atoms with Crippen molar-refractivity contribution >= 4 is 5.97 Å². The van der Waals surface area contributed by atoms with Crippen molar-refractivity contribution in [2.45, 2.75) is 116 Å². The monoisotopic (exact) mass is 324 g/mol. The lowest BCUT2D eigenvalue weighted by atomic mass is 10.1. The van der Waals surface area contributed by atoms with E-state index >= 15 is 0 Å². The Balaban J connectivity index is 3.06. The van der Waals surface area contributed by atoms with Gasteiger partial charge in [0, 0.05) is 6.42 Å². The van der Waals surface area contributed by atoms with Gasteiger partial charge < -0.3 is 5.11 Å². The molecule has 2 nitrogen and oxygen atoms in total. The first-order valence-electron chi connectivity index (χ1n) is 10.1. The Morgan fingerprint density at radius 2 is 1.04 bits per heavy atom. The van der Waals surface area contributed by atoms with E-state index in [4.69, 9.17) is 5.11 Å². The molecule has 0 bridgehead atoms. The highest BCUT2D eigenvalue weighted by atomic mass is 16.4. The van der Waals surface area contributed by atoms with Crippen LogP contribution in [0.2, 0.25) is 0 Å². The summed E-state index contributed by atoms with van der Waals surface area (Å²) in [6.45, 7) is 2.28. The van der Waals surface area contributed by atoms with Crippen LogP contribution in [0.5, 0.6) is 0 Å². The topological polar surface area (TPSA) is 37.3 Å². The molecule has 0 fully saturated rings. The van der Waals surface area contributed by atoms with E-state index in [9.17, 15) is 4.79 Å². The number of hydrogen-bond acceptors (Lipinski definition) is 1. The maximum atomic E-state index is 10.4. The summed E-state index contributed by atoms with van der Waals surface area (Å²) in [5.74, 6) is -0.669. The van der Waals surface area contributed by atoms with E-state index in [0.717, 1.165) is 25.7 Å². The van der Waals surface area contributed by atoms with Crippen LogP contribution < -0.4 is 0 Å². The molecule has 0 radical (unpaired) electrons. The molecule has 23 heavy (non-hydrogen) atoms. The van der Waals surface area contributed by atoms with Gasteiger partial charge in [-0.15, -0.1) is 0 Å². The highest BCUT2D eigenvalue weighted by Crippen LogP contribution is 2.12. The van der Waals surface area contributed by atoms with Crippen LogP contribution in [0, 0.1) is 0 Å². The molecule has 0 rings (SSSR count). The van der Waals surface area contributed by atoms with Crippen molar-refractivity contribution in [1.82, 2.24) is 0 Å². The highest BCUT2D eigenvalue weighted by Gasteiger charge is 1.95. The minimum absolute atomic E-state index is 0.322. The predicted molar refractivity (Wildman–Crippen MR) is 101 cm³/mol. The molecule has 0 saturated heterocycles. The van der Waals surface area contributed by atoms with Gasteiger partial charge in [0.25, 0.3) is 0 Å². The fourth-order valence-electron chi connectivity index (χ4n) is 2.88. The zero-order valence-electron chi connectivity index (χ0n) is 15.5. The van der Waals surface area contributed by atoms with E-state index in [-0.39, 0.29) is 0 Å². The summed E-state index contributed by atoms with van der Waals surface area (Å²) in [5.41, 5.74) is 0. The molecule has 0 heterocycles. The van der Waals surface area contributed by atoms with Gasteiger partial charge in [0.2, 0.25) is 0 Å². The number of rotatable bonds is 18. The molecule has 0 aliphatic rings. The number of allylic oxidation sites excluding steroid dienone is 2. The van der Waals surface area contributed by atoms with Gasteiger partial charge in [-0.25, -0.2) is 0 Å². The lowest BCUT2D eigenvalue weighted by Gasteiger charge is -2.01. The standard InChI is InChI=1S/C21H40O2/c1-2-3-4-5-6-7-8-9-10-11-12-13-14-15-16-17-18-19-20-21(22)23/h14-15H,2-13,16-20H2,1H3,(H,22,23)/b15-14-. The van der Waals surface area contributed by atoms with Crippen molar-refractivity contribution in [3.8, 4) is 0 Å². The number of hydrogen-bond donors (Lipinski definition) is 1. The Morgan fingerprint density at radius 1 is 0.652 bits per heavy atom. The number of carbonyl (C=O) groups is 1. The Hall–Kier alpha value is -0.790. The third-order valence-corrected chi connectivity index (χ3v) is 4.40. The quantitative estimate of drug-likeness (QED) is 0.212. The van der Waals surface area contributed by atoms with Crippen LogP contribution >= 0.6 is 0 Å². The van der Waals surface area contributed by atoms with Gasteiger partial charge in [0.05, 0.1) is 0 Å². The first-order valence-corrected chi connectivity index (χ1v) is 10.1. The van der Waals surface area contributed by atoms with E-state index < -0.39 is 5.97 Å². The Bertz CT molecular complexity index is 271. The molecular formula is C21H40O2. The smallest absolute Gasteiger partial charge is 0.303 e. The van der Waals surface area contributed by atoms with E-state index in [1.807, 2.05) is 0 Å². The molecular weight excluding hydrogens is 284 g/mol. The fraction of sp³-hybridized carbons (Fsp3) is 0.857. The van der Waals surface area contributed by atoms with Crippen LogP contribution in [-0.4, -0.2) is 11.1 Å². The molecule has 0 saturated carbocycles. The molecule has 0 spiro atoms. The van der Waals surface area contributed by atoms with Crippen LogP contribution in [0.1, 0.15) is 116 Å². The number of carboxylic acids is 1. The van der Waals surface area contributed by atoms with Gasteiger partial charge >= 0.3 is 5.97 Å². The first-order chi connectivity index (χ1) is 11.3. The second-order valence-electron chi connectivity index (χ2n) is 6.79. The second-order valence-corrected chi connectivity index (χ2v) is 6.79. The lowest BCUT2D eigenvalue weighted by molar-refractivity contribution is -0.137. The van der Waals surface area contributed by atoms with Gasteiger partial charge in [-0.2, -0.15) is 0 Å². The van der Waals surface area contributed by atoms with E-state index in [1.165, 1.54) is 77.0 Å². The number of unbranched alkanes of at least 4 members (excludes halogenated alkanes) is 14. The Labute approximate surface area is 144 Å². The van der Waals surface area contributed by atoms with E-state index in [1.54, 1.807) is 0 Å². The largest absolute Gasteiger partial charge is 0.481 e. The molecule has 0 aromatic carbocycles. The average molecular weight is 325 g/mol. The summed E-state index contributed by atoms with van der Waals surface area (Å²) in [4.78, 5) is 10.4. The van der Waals surface area contributed by atoms with E-state index in [2.05, 4.69) is 19.1 Å². The molecule has 0 aromatic heterocycles. The summed E-state index contributed by atoms with van der Waals surface area (Å²) in [5, 5.41) is 8.53. The lowest BCUT2D eigenvalue weighted by Crippen LogP contribution is -1.93. The Morgan fingerprint density at radius 3 is 1.48 bits per heavy atom. The van der Waals surface area contributed by atoms with E-state index in [0.29, 0.717) is 6.42 Å². The summed E-state index contributed by atoms with van der Waals surface area (Å²) in [6, 6.07) is 0.